The van der Waals surface area contributed by atoms with Gasteiger partial charge >= 0.3 is 0 Å². The number of aromatic nitrogens is 2. The Hall–Kier alpha value is -3.22. The molecule has 1 aromatic heterocycles. The van der Waals surface area contributed by atoms with Crippen molar-refractivity contribution in [3.8, 4) is 11.4 Å². The van der Waals surface area contributed by atoms with Crippen molar-refractivity contribution in [2.75, 3.05) is 0 Å². The maximum atomic E-state index is 14.3. The molecule has 0 unspecified atom stereocenters. The number of carbonyl (C=O) groups excluding carboxylic acids is 1. The third kappa shape index (κ3) is 2.74. The SMILES string of the molecule is O=C(NCc1ccc(O)cc1)c1nn(-c2ccc(F)cc2F)c2c1C[C@H]1C[C@@H]21. The van der Waals surface area contributed by atoms with Crippen LogP contribution in [0.5, 0.6) is 5.75 Å². The number of nitrogens with zero attached hydrogens (tertiary/aromatic N) is 2. The standard InChI is InChI=1S/C21H17F2N3O2/c22-13-3-6-18(17(23)9-13)26-20-15-7-12(15)8-16(20)19(25-26)21(28)24-10-11-1-4-14(27)5-2-11/h1-6,9,12,15,27H,7-8,10H2,(H,24,28)/t12-,15-/m1/s1. The lowest BCUT2D eigenvalue weighted by Gasteiger charge is -2.07. The average Bonchev–Trinajstić information content (AvgIpc) is 3.17. The van der Waals surface area contributed by atoms with E-state index in [-0.39, 0.29) is 23.3 Å². The normalized spacial score (nSPS) is 19.2. The molecule has 0 radical (unpaired) electrons. The lowest BCUT2D eigenvalue weighted by atomic mass is 10.1. The van der Waals surface area contributed by atoms with Gasteiger partial charge in [-0.1, -0.05) is 12.1 Å². The van der Waals surface area contributed by atoms with E-state index < -0.39 is 11.6 Å². The second-order valence-corrected chi connectivity index (χ2v) is 7.38. The van der Waals surface area contributed by atoms with Crippen LogP contribution in [0.3, 0.4) is 0 Å². The predicted molar refractivity (Wildman–Crippen MR) is 97.3 cm³/mol. The zero-order valence-corrected chi connectivity index (χ0v) is 14.8. The van der Waals surface area contributed by atoms with E-state index in [0.717, 1.165) is 35.7 Å². The second kappa shape index (κ2) is 6.15. The van der Waals surface area contributed by atoms with E-state index >= 15 is 0 Å². The molecule has 2 aliphatic carbocycles. The Labute approximate surface area is 159 Å². The summed E-state index contributed by atoms with van der Waals surface area (Å²) in [4.78, 5) is 12.8. The van der Waals surface area contributed by atoms with Gasteiger partial charge in [-0.2, -0.15) is 5.10 Å². The Balaban J connectivity index is 1.46. The first-order valence-electron chi connectivity index (χ1n) is 9.14. The van der Waals surface area contributed by atoms with E-state index in [9.17, 15) is 18.7 Å². The van der Waals surface area contributed by atoms with Crippen molar-refractivity contribution >= 4 is 5.91 Å². The smallest absolute Gasteiger partial charge is 0.272 e. The third-order valence-electron chi connectivity index (χ3n) is 5.51. The molecule has 7 heteroatoms. The molecule has 1 saturated carbocycles. The highest BCUT2D eigenvalue weighted by Crippen LogP contribution is 2.57. The van der Waals surface area contributed by atoms with Gasteiger partial charge in [-0.05, 0) is 48.6 Å². The molecule has 2 aliphatic rings. The molecule has 0 saturated heterocycles. The number of nitrogens with one attached hydrogen (secondary N) is 1. The van der Waals surface area contributed by atoms with Crippen LogP contribution in [0.1, 0.15) is 39.6 Å². The van der Waals surface area contributed by atoms with Gasteiger partial charge in [0.2, 0.25) is 0 Å². The van der Waals surface area contributed by atoms with Gasteiger partial charge in [0.05, 0.1) is 5.69 Å². The van der Waals surface area contributed by atoms with Gasteiger partial charge in [0.25, 0.3) is 5.91 Å². The minimum atomic E-state index is -0.703. The first-order chi connectivity index (χ1) is 13.5. The number of aromatic hydroxyl groups is 1. The van der Waals surface area contributed by atoms with Crippen LogP contribution in [0.2, 0.25) is 0 Å². The molecule has 142 valence electrons. The summed E-state index contributed by atoms with van der Waals surface area (Å²) < 4.78 is 29.1. The molecule has 2 N–H and O–H groups in total. The van der Waals surface area contributed by atoms with Crippen LogP contribution in [0, 0.1) is 17.6 Å². The number of amides is 1. The molecule has 3 aromatic rings. The van der Waals surface area contributed by atoms with E-state index in [2.05, 4.69) is 10.4 Å². The topological polar surface area (TPSA) is 67.2 Å². The summed E-state index contributed by atoms with van der Waals surface area (Å²) >= 11 is 0. The molecule has 0 bridgehead atoms. The molecule has 1 heterocycles. The molecule has 2 atom stereocenters. The van der Waals surface area contributed by atoms with Crippen LogP contribution < -0.4 is 5.32 Å². The molecule has 1 fully saturated rings. The number of rotatable bonds is 4. The van der Waals surface area contributed by atoms with E-state index in [0.29, 0.717) is 18.2 Å². The number of benzene rings is 2. The monoisotopic (exact) mass is 381 g/mol. The molecular formula is C21H17F2N3O2. The van der Waals surface area contributed by atoms with E-state index in [1.807, 2.05) is 0 Å². The number of fused-ring (bicyclic) bond motifs is 3. The Morgan fingerprint density at radius 2 is 2.00 bits per heavy atom. The number of hydrogen-bond donors (Lipinski definition) is 2. The van der Waals surface area contributed by atoms with Crippen LogP contribution in [-0.2, 0) is 13.0 Å². The summed E-state index contributed by atoms with van der Waals surface area (Å²) in [6, 6.07) is 9.93. The quantitative estimate of drug-likeness (QED) is 0.728. The zero-order chi connectivity index (χ0) is 19.4. The van der Waals surface area contributed by atoms with Crippen molar-refractivity contribution in [1.82, 2.24) is 15.1 Å². The molecule has 5 nitrogen and oxygen atoms in total. The fourth-order valence-corrected chi connectivity index (χ4v) is 4.01. The van der Waals surface area contributed by atoms with Gasteiger partial charge in [-0.3, -0.25) is 4.79 Å². The van der Waals surface area contributed by atoms with Gasteiger partial charge in [-0.25, -0.2) is 13.5 Å². The molecular weight excluding hydrogens is 364 g/mol. The maximum Gasteiger partial charge on any atom is 0.272 e. The van der Waals surface area contributed by atoms with Crippen molar-refractivity contribution in [3.63, 3.8) is 0 Å². The predicted octanol–water partition coefficient (Wildman–Crippen LogP) is 3.45. The first kappa shape index (κ1) is 16.9. The highest BCUT2D eigenvalue weighted by Gasteiger charge is 2.50. The Kier molecular flexibility index (Phi) is 3.72. The second-order valence-electron chi connectivity index (χ2n) is 7.38. The Bertz CT molecular complexity index is 1090. The molecule has 2 aromatic carbocycles. The van der Waals surface area contributed by atoms with Gasteiger partial charge in [-0.15, -0.1) is 0 Å². The molecule has 28 heavy (non-hydrogen) atoms. The van der Waals surface area contributed by atoms with E-state index in [4.69, 9.17) is 0 Å². The highest BCUT2D eigenvalue weighted by atomic mass is 19.1. The van der Waals surface area contributed by atoms with Crippen LogP contribution >= 0.6 is 0 Å². The minimum Gasteiger partial charge on any atom is -0.508 e. The molecule has 0 aliphatic heterocycles. The van der Waals surface area contributed by atoms with Crippen molar-refractivity contribution in [2.45, 2.75) is 25.3 Å². The summed E-state index contributed by atoms with van der Waals surface area (Å²) in [6.45, 7) is 0.290. The minimum absolute atomic E-state index is 0.155. The van der Waals surface area contributed by atoms with Crippen molar-refractivity contribution in [1.29, 1.82) is 0 Å². The number of carbonyl (C=O) groups is 1. The summed E-state index contributed by atoms with van der Waals surface area (Å²) in [5.41, 5.74) is 3.01. The molecule has 1 amide bonds. The summed E-state index contributed by atoms with van der Waals surface area (Å²) in [5, 5.41) is 16.6. The van der Waals surface area contributed by atoms with Crippen molar-refractivity contribution in [2.24, 2.45) is 5.92 Å². The van der Waals surface area contributed by atoms with Crippen LogP contribution in [0.4, 0.5) is 8.78 Å². The summed E-state index contributed by atoms with van der Waals surface area (Å²) in [5.74, 6) is -0.761. The number of hydrogen-bond acceptors (Lipinski definition) is 3. The van der Waals surface area contributed by atoms with Crippen molar-refractivity contribution in [3.05, 3.63) is 76.6 Å². The maximum absolute atomic E-state index is 14.3. The molecule has 5 rings (SSSR count). The van der Waals surface area contributed by atoms with Crippen LogP contribution in [0.15, 0.2) is 42.5 Å². The zero-order valence-electron chi connectivity index (χ0n) is 14.8. The Morgan fingerprint density at radius 3 is 2.75 bits per heavy atom. The lowest BCUT2D eigenvalue weighted by Crippen LogP contribution is -2.24. The number of halogens is 2. The van der Waals surface area contributed by atoms with Gasteiger partial charge in [0.15, 0.2) is 11.5 Å². The Morgan fingerprint density at radius 1 is 1.21 bits per heavy atom. The van der Waals surface area contributed by atoms with Gasteiger partial charge in [0, 0.05) is 24.1 Å². The van der Waals surface area contributed by atoms with Gasteiger partial charge in [0.1, 0.15) is 17.3 Å². The lowest BCUT2D eigenvalue weighted by molar-refractivity contribution is 0.0944. The number of phenolic OH excluding ortho intramolecular Hbond substituents is 1. The van der Waals surface area contributed by atoms with Crippen LogP contribution in [0.25, 0.3) is 5.69 Å². The fraction of sp³-hybridized carbons (Fsp3) is 0.238. The largest absolute Gasteiger partial charge is 0.508 e. The fourth-order valence-electron chi connectivity index (χ4n) is 4.01. The summed E-state index contributed by atoms with van der Waals surface area (Å²) in [7, 11) is 0. The van der Waals surface area contributed by atoms with E-state index in [1.165, 1.54) is 16.8 Å². The van der Waals surface area contributed by atoms with Gasteiger partial charge < -0.3 is 10.4 Å². The van der Waals surface area contributed by atoms with Crippen molar-refractivity contribution < 1.29 is 18.7 Å². The first-order valence-corrected chi connectivity index (χ1v) is 9.14. The third-order valence-corrected chi connectivity index (χ3v) is 5.51. The average molecular weight is 381 g/mol. The number of phenols is 1. The van der Waals surface area contributed by atoms with E-state index in [1.54, 1.807) is 24.3 Å². The van der Waals surface area contributed by atoms with Crippen LogP contribution in [-0.4, -0.2) is 20.8 Å². The summed E-state index contributed by atoms with van der Waals surface area (Å²) in [6.07, 6.45) is 1.76. The molecule has 0 spiro atoms. The highest BCUT2D eigenvalue weighted by molar-refractivity contribution is 5.94.